The number of nitrogens with zero attached hydrogens (tertiary/aromatic N) is 3. The van der Waals surface area contributed by atoms with Gasteiger partial charge >= 0.3 is 0 Å². The number of carbonyl (C=O) groups is 1. The summed E-state index contributed by atoms with van der Waals surface area (Å²) in [5.74, 6) is -0.296. The van der Waals surface area contributed by atoms with E-state index in [-0.39, 0.29) is 17.3 Å². The molecule has 0 saturated carbocycles. The molecule has 4 rings (SSSR count). The highest BCUT2D eigenvalue weighted by Crippen LogP contribution is 2.24. The molecule has 0 atom stereocenters. The predicted octanol–water partition coefficient (Wildman–Crippen LogP) is 4.30. The molecule has 4 aromatic rings. The fraction of sp³-hybridized carbons (Fsp3) is 0.130. The minimum absolute atomic E-state index is 0.228. The Morgan fingerprint density at radius 3 is 2.69 bits per heavy atom. The molecule has 0 radical (unpaired) electrons. The van der Waals surface area contributed by atoms with Crippen LogP contribution in [0.1, 0.15) is 23.1 Å². The molecule has 1 amide bonds. The van der Waals surface area contributed by atoms with Crippen LogP contribution in [0, 0.1) is 5.82 Å². The number of amides is 1. The third-order valence-corrected chi connectivity index (χ3v) is 5.43. The van der Waals surface area contributed by atoms with Crippen molar-refractivity contribution in [1.82, 2.24) is 19.5 Å². The van der Waals surface area contributed by atoms with Crippen LogP contribution in [0.3, 0.4) is 0 Å². The molecular formula is C23H20FN5O2S. The molecule has 2 aromatic heterocycles. The molecule has 2 aromatic carbocycles. The van der Waals surface area contributed by atoms with Crippen LogP contribution in [-0.4, -0.2) is 31.7 Å². The Labute approximate surface area is 187 Å². The smallest absolute Gasteiger partial charge is 0.274 e. The summed E-state index contributed by atoms with van der Waals surface area (Å²) < 4.78 is 15.0. The largest absolute Gasteiger partial charge is 0.321 e. The van der Waals surface area contributed by atoms with Gasteiger partial charge in [0.1, 0.15) is 17.3 Å². The van der Waals surface area contributed by atoms with Crippen molar-refractivity contribution >= 4 is 23.4 Å². The fourth-order valence-electron chi connectivity index (χ4n) is 3.24. The summed E-state index contributed by atoms with van der Waals surface area (Å²) in [6.45, 7) is 1.93. The lowest BCUT2D eigenvalue weighted by atomic mass is 10.1. The molecular weight excluding hydrogens is 429 g/mol. The molecule has 0 aliphatic rings. The molecule has 0 aliphatic heterocycles. The fourth-order valence-corrected chi connectivity index (χ4v) is 3.79. The number of hydrogen-bond acceptors (Lipinski definition) is 5. The summed E-state index contributed by atoms with van der Waals surface area (Å²) in [4.78, 5) is 36.5. The SMILES string of the molecule is CCc1cc(=O)[nH]c(-c2cccc(NC(=O)c3cnc(SC)n3-c3ccc(F)cc3)c2)n1. The van der Waals surface area contributed by atoms with E-state index in [0.717, 1.165) is 0 Å². The summed E-state index contributed by atoms with van der Waals surface area (Å²) >= 11 is 1.38. The first-order valence-corrected chi connectivity index (χ1v) is 11.1. The lowest BCUT2D eigenvalue weighted by Crippen LogP contribution is -2.17. The summed E-state index contributed by atoms with van der Waals surface area (Å²) in [6.07, 6.45) is 3.97. The van der Waals surface area contributed by atoms with Crippen molar-refractivity contribution in [1.29, 1.82) is 0 Å². The van der Waals surface area contributed by atoms with Crippen LogP contribution in [0.4, 0.5) is 10.1 Å². The first-order valence-electron chi connectivity index (χ1n) is 9.88. The van der Waals surface area contributed by atoms with E-state index in [9.17, 15) is 14.0 Å². The van der Waals surface area contributed by atoms with Crippen LogP contribution in [0.25, 0.3) is 17.1 Å². The van der Waals surface area contributed by atoms with Gasteiger partial charge in [-0.2, -0.15) is 0 Å². The van der Waals surface area contributed by atoms with Gasteiger partial charge in [0.15, 0.2) is 5.16 Å². The topological polar surface area (TPSA) is 92.7 Å². The Hall–Kier alpha value is -3.72. The van der Waals surface area contributed by atoms with Crippen LogP contribution in [-0.2, 0) is 6.42 Å². The van der Waals surface area contributed by atoms with Gasteiger partial charge in [-0.25, -0.2) is 14.4 Å². The lowest BCUT2D eigenvalue weighted by molar-refractivity contribution is 0.102. The Morgan fingerprint density at radius 2 is 1.97 bits per heavy atom. The third-order valence-electron chi connectivity index (χ3n) is 4.78. The van der Waals surface area contributed by atoms with E-state index in [0.29, 0.717) is 45.7 Å². The van der Waals surface area contributed by atoms with E-state index in [1.165, 1.54) is 36.2 Å². The molecule has 0 bridgehead atoms. The number of imidazole rings is 1. The second-order valence-corrected chi connectivity index (χ2v) is 7.69. The number of aromatic nitrogens is 4. The Morgan fingerprint density at radius 1 is 1.19 bits per heavy atom. The molecule has 2 heterocycles. The molecule has 9 heteroatoms. The van der Waals surface area contributed by atoms with Gasteiger partial charge in [-0.1, -0.05) is 30.8 Å². The molecule has 32 heavy (non-hydrogen) atoms. The van der Waals surface area contributed by atoms with Gasteiger partial charge in [-0.3, -0.25) is 14.2 Å². The van der Waals surface area contributed by atoms with E-state index in [1.54, 1.807) is 34.9 Å². The minimum Gasteiger partial charge on any atom is -0.321 e. The standard InChI is InChI=1S/C23H20FN5O2S/c1-3-16-12-20(30)28-21(26-16)14-5-4-6-17(11-14)27-22(31)19-13-25-23(32-2)29(19)18-9-7-15(24)8-10-18/h4-13H,3H2,1-2H3,(H,27,31)(H,26,28,30). The highest BCUT2D eigenvalue weighted by atomic mass is 32.2. The molecule has 0 unspecified atom stereocenters. The number of carbonyl (C=O) groups excluding carboxylic acids is 1. The molecule has 0 aliphatic carbocycles. The first-order chi connectivity index (χ1) is 15.5. The number of anilines is 1. The van der Waals surface area contributed by atoms with Crippen molar-refractivity contribution in [2.45, 2.75) is 18.5 Å². The van der Waals surface area contributed by atoms with E-state index in [2.05, 4.69) is 20.3 Å². The predicted molar refractivity (Wildman–Crippen MR) is 123 cm³/mol. The van der Waals surface area contributed by atoms with E-state index in [4.69, 9.17) is 0 Å². The van der Waals surface area contributed by atoms with Crippen molar-refractivity contribution in [3.05, 3.63) is 88.4 Å². The normalized spacial score (nSPS) is 10.8. The minimum atomic E-state index is -0.372. The maximum atomic E-state index is 13.4. The van der Waals surface area contributed by atoms with Crippen molar-refractivity contribution in [3.8, 4) is 17.1 Å². The number of nitrogens with one attached hydrogen (secondary N) is 2. The van der Waals surface area contributed by atoms with Crippen LogP contribution in [0.2, 0.25) is 0 Å². The monoisotopic (exact) mass is 449 g/mol. The highest BCUT2D eigenvalue weighted by molar-refractivity contribution is 7.98. The number of aromatic amines is 1. The van der Waals surface area contributed by atoms with Gasteiger partial charge in [-0.15, -0.1) is 0 Å². The number of thioether (sulfide) groups is 1. The quantitative estimate of drug-likeness (QED) is 0.428. The second-order valence-electron chi connectivity index (χ2n) is 6.92. The number of H-pyrrole nitrogens is 1. The van der Waals surface area contributed by atoms with Gasteiger partial charge in [0.25, 0.3) is 11.5 Å². The third kappa shape index (κ3) is 4.47. The van der Waals surface area contributed by atoms with Crippen molar-refractivity contribution in [2.24, 2.45) is 0 Å². The average molecular weight is 450 g/mol. The maximum absolute atomic E-state index is 13.4. The zero-order valence-electron chi connectivity index (χ0n) is 17.4. The van der Waals surface area contributed by atoms with Gasteiger partial charge in [-0.05, 0) is 49.1 Å². The molecule has 7 nitrogen and oxygen atoms in total. The van der Waals surface area contributed by atoms with Crippen molar-refractivity contribution in [3.63, 3.8) is 0 Å². The summed E-state index contributed by atoms with van der Waals surface area (Å²) in [7, 11) is 0. The second kappa shape index (κ2) is 9.19. The Bertz CT molecular complexity index is 1330. The number of rotatable bonds is 6. The number of halogens is 1. The highest BCUT2D eigenvalue weighted by Gasteiger charge is 2.18. The van der Waals surface area contributed by atoms with Gasteiger partial charge in [0.2, 0.25) is 0 Å². The summed E-state index contributed by atoms with van der Waals surface area (Å²) in [5, 5.41) is 3.47. The van der Waals surface area contributed by atoms with Gasteiger partial charge < -0.3 is 10.3 Å². The van der Waals surface area contributed by atoms with Crippen LogP contribution >= 0.6 is 11.8 Å². The van der Waals surface area contributed by atoms with Crippen molar-refractivity contribution < 1.29 is 9.18 Å². The zero-order valence-corrected chi connectivity index (χ0v) is 18.2. The molecule has 0 saturated heterocycles. The Kier molecular flexibility index (Phi) is 6.18. The zero-order chi connectivity index (χ0) is 22.7. The molecule has 0 fully saturated rings. The molecule has 162 valence electrons. The van der Waals surface area contributed by atoms with Crippen LogP contribution in [0.5, 0.6) is 0 Å². The van der Waals surface area contributed by atoms with E-state index >= 15 is 0 Å². The molecule has 0 spiro atoms. The molecule has 2 N–H and O–H groups in total. The van der Waals surface area contributed by atoms with Gasteiger partial charge in [0.05, 0.1) is 6.20 Å². The van der Waals surface area contributed by atoms with E-state index < -0.39 is 0 Å². The van der Waals surface area contributed by atoms with Gasteiger partial charge in [0, 0.05) is 28.7 Å². The van der Waals surface area contributed by atoms with Crippen LogP contribution in [0.15, 0.2) is 70.7 Å². The van der Waals surface area contributed by atoms with Crippen LogP contribution < -0.4 is 10.9 Å². The Balaban J connectivity index is 1.65. The number of hydrogen-bond donors (Lipinski definition) is 2. The lowest BCUT2D eigenvalue weighted by Gasteiger charge is -2.12. The maximum Gasteiger partial charge on any atom is 0.274 e. The number of aryl methyl sites for hydroxylation is 1. The first kappa shape index (κ1) is 21.5. The van der Waals surface area contributed by atoms with E-state index in [1.807, 2.05) is 19.2 Å². The summed E-state index contributed by atoms with van der Waals surface area (Å²) in [6, 6.07) is 14.4. The number of benzene rings is 2. The van der Waals surface area contributed by atoms with Crippen molar-refractivity contribution in [2.75, 3.05) is 11.6 Å². The average Bonchev–Trinajstić information content (AvgIpc) is 3.23. The summed E-state index contributed by atoms with van der Waals surface area (Å²) in [5.41, 5.74) is 2.61.